The fourth-order valence-electron chi connectivity index (χ4n) is 2.13. The van der Waals surface area contributed by atoms with Crippen LogP contribution in [0.1, 0.15) is 35.9 Å². The van der Waals surface area contributed by atoms with Gasteiger partial charge in [0.25, 0.3) is 0 Å². The van der Waals surface area contributed by atoms with E-state index in [2.05, 4.69) is 11.8 Å². The molecule has 3 nitrogen and oxygen atoms in total. The number of rotatable bonds is 2. The average Bonchev–Trinajstić information content (AvgIpc) is 2.63. The zero-order valence-corrected chi connectivity index (χ0v) is 10.3. The van der Waals surface area contributed by atoms with Crippen LogP contribution < -0.4 is 4.90 Å². The second kappa shape index (κ2) is 4.87. The summed E-state index contributed by atoms with van der Waals surface area (Å²) in [7, 11) is 0. The van der Waals surface area contributed by atoms with Crippen molar-refractivity contribution in [1.29, 1.82) is 0 Å². The molecule has 0 saturated carbocycles. The van der Waals surface area contributed by atoms with Gasteiger partial charge >= 0.3 is 5.97 Å². The Morgan fingerprint density at radius 2 is 2.31 bits per heavy atom. The zero-order valence-electron chi connectivity index (χ0n) is 9.48. The van der Waals surface area contributed by atoms with Gasteiger partial charge in [-0.3, -0.25) is 0 Å². The molecule has 1 aromatic heterocycles. The molecular weight excluding hydrogens is 222 g/mol. The van der Waals surface area contributed by atoms with Crippen molar-refractivity contribution >= 4 is 23.0 Å². The van der Waals surface area contributed by atoms with Crippen LogP contribution in [0.5, 0.6) is 0 Å². The molecule has 0 radical (unpaired) electrons. The molecule has 2 rings (SSSR count). The van der Waals surface area contributed by atoms with Gasteiger partial charge in [0.1, 0.15) is 4.88 Å². The maximum atomic E-state index is 10.8. The topological polar surface area (TPSA) is 40.5 Å². The van der Waals surface area contributed by atoms with Crippen LogP contribution in [0.25, 0.3) is 0 Å². The van der Waals surface area contributed by atoms with Gasteiger partial charge in [-0.05, 0) is 31.2 Å². The number of anilines is 1. The van der Waals surface area contributed by atoms with Crippen LogP contribution in [0.15, 0.2) is 11.4 Å². The standard InChI is InChI=1S/C12H17NO2S/c1-9-3-2-5-13(6-4-9)10-7-11(12(14)15)16-8-10/h7-9H,2-6H2,1H3,(H,14,15). The molecule has 1 aliphatic rings. The Balaban J connectivity index is 2.07. The molecular formula is C12H17NO2S. The van der Waals surface area contributed by atoms with Crippen LogP contribution >= 0.6 is 11.3 Å². The van der Waals surface area contributed by atoms with E-state index in [0.29, 0.717) is 4.88 Å². The van der Waals surface area contributed by atoms with Gasteiger partial charge in [0.2, 0.25) is 0 Å². The van der Waals surface area contributed by atoms with Gasteiger partial charge in [-0.15, -0.1) is 11.3 Å². The second-order valence-corrected chi connectivity index (χ2v) is 5.41. The van der Waals surface area contributed by atoms with Crippen LogP contribution in [-0.2, 0) is 0 Å². The van der Waals surface area contributed by atoms with Crippen LogP contribution in [0.4, 0.5) is 5.69 Å². The van der Waals surface area contributed by atoms with E-state index in [1.54, 1.807) is 6.07 Å². The monoisotopic (exact) mass is 239 g/mol. The summed E-state index contributed by atoms with van der Waals surface area (Å²) >= 11 is 1.32. The maximum Gasteiger partial charge on any atom is 0.345 e. The van der Waals surface area contributed by atoms with Crippen molar-refractivity contribution in [3.05, 3.63) is 16.3 Å². The molecule has 0 spiro atoms. The summed E-state index contributed by atoms with van der Waals surface area (Å²) < 4.78 is 0. The first kappa shape index (κ1) is 11.5. The van der Waals surface area contributed by atoms with E-state index in [-0.39, 0.29) is 0 Å². The van der Waals surface area contributed by atoms with Crippen LogP contribution in [0.3, 0.4) is 0 Å². The highest BCUT2D eigenvalue weighted by Crippen LogP contribution is 2.26. The van der Waals surface area contributed by atoms with Crippen molar-refractivity contribution < 1.29 is 9.90 Å². The van der Waals surface area contributed by atoms with Crippen molar-refractivity contribution in [3.8, 4) is 0 Å². The van der Waals surface area contributed by atoms with Gasteiger partial charge in [-0.25, -0.2) is 4.79 Å². The third kappa shape index (κ3) is 2.55. The van der Waals surface area contributed by atoms with Gasteiger partial charge in [-0.2, -0.15) is 0 Å². The number of carbonyl (C=O) groups is 1. The number of hydrogen-bond acceptors (Lipinski definition) is 3. The molecule has 88 valence electrons. The highest BCUT2D eigenvalue weighted by Gasteiger charge is 2.16. The number of nitrogens with zero attached hydrogens (tertiary/aromatic N) is 1. The Morgan fingerprint density at radius 1 is 1.50 bits per heavy atom. The van der Waals surface area contributed by atoms with Crippen molar-refractivity contribution in [2.75, 3.05) is 18.0 Å². The maximum absolute atomic E-state index is 10.8. The highest BCUT2D eigenvalue weighted by molar-refractivity contribution is 7.12. The highest BCUT2D eigenvalue weighted by atomic mass is 32.1. The van der Waals surface area contributed by atoms with Gasteiger partial charge in [0, 0.05) is 24.2 Å². The predicted octanol–water partition coefficient (Wildman–Crippen LogP) is 3.07. The smallest absolute Gasteiger partial charge is 0.345 e. The molecule has 1 atom stereocenters. The lowest BCUT2D eigenvalue weighted by Gasteiger charge is -2.20. The predicted molar refractivity (Wildman–Crippen MR) is 66.5 cm³/mol. The van der Waals surface area contributed by atoms with Crippen molar-refractivity contribution in [2.45, 2.75) is 26.2 Å². The molecule has 1 N–H and O–H groups in total. The Bertz CT molecular complexity index is 375. The molecule has 1 fully saturated rings. The summed E-state index contributed by atoms with van der Waals surface area (Å²) in [6.07, 6.45) is 3.70. The van der Waals surface area contributed by atoms with E-state index in [1.807, 2.05) is 5.38 Å². The van der Waals surface area contributed by atoms with E-state index in [9.17, 15) is 4.79 Å². The van der Waals surface area contributed by atoms with Gasteiger partial charge in [-0.1, -0.05) is 6.92 Å². The lowest BCUT2D eigenvalue weighted by molar-refractivity contribution is 0.0702. The number of carboxylic acid groups (broad SMARTS) is 1. The summed E-state index contributed by atoms with van der Waals surface area (Å²) in [6, 6.07) is 1.79. The molecule has 0 bridgehead atoms. The molecule has 4 heteroatoms. The van der Waals surface area contributed by atoms with Crippen LogP contribution in [0.2, 0.25) is 0 Å². The minimum Gasteiger partial charge on any atom is -0.477 e. The van der Waals surface area contributed by atoms with E-state index in [4.69, 9.17) is 5.11 Å². The van der Waals surface area contributed by atoms with Crippen LogP contribution in [0, 0.1) is 5.92 Å². The largest absolute Gasteiger partial charge is 0.477 e. The molecule has 0 aliphatic carbocycles. The molecule has 0 amide bonds. The minimum absolute atomic E-state index is 0.437. The summed E-state index contributed by atoms with van der Waals surface area (Å²) in [5.41, 5.74) is 1.08. The normalized spacial score (nSPS) is 21.8. The lowest BCUT2D eigenvalue weighted by atomic mass is 10.0. The Labute approximate surface area is 99.7 Å². The van der Waals surface area contributed by atoms with Crippen molar-refractivity contribution in [1.82, 2.24) is 0 Å². The SMILES string of the molecule is CC1CCCN(c2csc(C(=O)O)c2)CC1. The number of hydrogen-bond donors (Lipinski definition) is 1. The first-order valence-electron chi connectivity index (χ1n) is 5.73. The van der Waals surface area contributed by atoms with E-state index >= 15 is 0 Å². The van der Waals surface area contributed by atoms with Gasteiger partial charge in [0.15, 0.2) is 0 Å². The summed E-state index contributed by atoms with van der Waals surface area (Å²) in [4.78, 5) is 13.6. The fourth-order valence-corrected chi connectivity index (χ4v) is 2.88. The van der Waals surface area contributed by atoms with Gasteiger partial charge in [0.05, 0.1) is 0 Å². The quantitative estimate of drug-likeness (QED) is 0.862. The van der Waals surface area contributed by atoms with Crippen LogP contribution in [-0.4, -0.2) is 24.2 Å². The Morgan fingerprint density at radius 3 is 3.00 bits per heavy atom. The van der Waals surface area contributed by atoms with Crippen molar-refractivity contribution in [3.63, 3.8) is 0 Å². The number of aromatic carboxylic acids is 1. The van der Waals surface area contributed by atoms with E-state index in [0.717, 1.165) is 24.7 Å². The molecule has 1 unspecified atom stereocenters. The molecule has 16 heavy (non-hydrogen) atoms. The molecule has 1 saturated heterocycles. The Hall–Kier alpha value is -1.03. The molecule has 2 heterocycles. The van der Waals surface area contributed by atoms with E-state index in [1.165, 1.54) is 30.6 Å². The first-order valence-corrected chi connectivity index (χ1v) is 6.61. The second-order valence-electron chi connectivity index (χ2n) is 4.50. The van der Waals surface area contributed by atoms with Gasteiger partial charge < -0.3 is 10.0 Å². The number of thiophene rings is 1. The number of carboxylic acids is 1. The summed E-state index contributed by atoms with van der Waals surface area (Å²) in [6.45, 7) is 4.40. The minimum atomic E-state index is -0.820. The molecule has 0 aromatic carbocycles. The van der Waals surface area contributed by atoms with E-state index < -0.39 is 5.97 Å². The lowest BCUT2D eigenvalue weighted by Crippen LogP contribution is -2.23. The third-order valence-corrected chi connectivity index (χ3v) is 4.08. The van der Waals surface area contributed by atoms with Crippen molar-refractivity contribution in [2.24, 2.45) is 5.92 Å². The average molecular weight is 239 g/mol. The summed E-state index contributed by atoms with van der Waals surface area (Å²) in [5, 5.41) is 10.8. The first-order chi connectivity index (χ1) is 7.66. The Kier molecular flexibility index (Phi) is 3.49. The fraction of sp³-hybridized carbons (Fsp3) is 0.583. The zero-order chi connectivity index (χ0) is 11.5. The molecule has 1 aromatic rings. The molecule has 1 aliphatic heterocycles. The summed E-state index contributed by atoms with van der Waals surface area (Å²) in [5.74, 6) is -0.0259. The third-order valence-electron chi connectivity index (χ3n) is 3.18.